The maximum absolute atomic E-state index is 15.0. The highest BCUT2D eigenvalue weighted by Crippen LogP contribution is 2.36. The molecule has 0 bridgehead atoms. The van der Waals surface area contributed by atoms with E-state index >= 15 is 4.39 Å². The normalized spacial score (nSPS) is 11.6. The van der Waals surface area contributed by atoms with E-state index in [0.29, 0.717) is 11.6 Å². The molecule has 0 aliphatic rings. The quantitative estimate of drug-likeness (QED) is 0.375. The third kappa shape index (κ3) is 5.31. The van der Waals surface area contributed by atoms with E-state index in [1.165, 1.54) is 6.07 Å². The zero-order valence-corrected chi connectivity index (χ0v) is 16.3. The molecule has 8 heteroatoms. The zero-order chi connectivity index (χ0) is 22.8. The van der Waals surface area contributed by atoms with Crippen molar-refractivity contribution in [2.75, 3.05) is 0 Å². The van der Waals surface area contributed by atoms with Gasteiger partial charge in [-0.05, 0) is 48.1 Å². The van der Waals surface area contributed by atoms with Crippen molar-refractivity contribution in [2.24, 2.45) is 0 Å². The molecule has 163 valence electrons. The summed E-state index contributed by atoms with van der Waals surface area (Å²) in [5.41, 5.74) is 0.884. The second-order valence-corrected chi connectivity index (χ2v) is 6.89. The molecular weight excluding hydrogens is 422 g/mol. The van der Waals surface area contributed by atoms with Crippen LogP contribution in [0.25, 0.3) is 11.1 Å². The van der Waals surface area contributed by atoms with Crippen molar-refractivity contribution in [1.29, 1.82) is 0 Å². The fourth-order valence-electron chi connectivity index (χ4n) is 3.22. The number of hydrogen-bond acceptors (Lipinski definition) is 1. The van der Waals surface area contributed by atoms with Crippen molar-refractivity contribution in [3.05, 3.63) is 82.7 Å². The molecule has 3 aromatic carbocycles. The fourth-order valence-corrected chi connectivity index (χ4v) is 3.22. The Hall–Kier alpha value is -3.16. The van der Waals surface area contributed by atoms with Gasteiger partial charge in [-0.2, -0.15) is 0 Å². The minimum atomic E-state index is -5.04. The highest BCUT2D eigenvalue weighted by molar-refractivity contribution is 5.72. The van der Waals surface area contributed by atoms with E-state index < -0.39 is 35.3 Å². The van der Waals surface area contributed by atoms with E-state index in [4.69, 9.17) is 0 Å². The van der Waals surface area contributed by atoms with Crippen LogP contribution in [0, 0.1) is 17.5 Å². The van der Waals surface area contributed by atoms with Gasteiger partial charge in [0.2, 0.25) is 0 Å². The molecule has 0 aromatic heterocycles. The number of ether oxygens (including phenoxy) is 1. The average molecular weight is 439 g/mol. The van der Waals surface area contributed by atoms with E-state index in [9.17, 15) is 27.1 Å². The van der Waals surface area contributed by atoms with Gasteiger partial charge in [-0.25, -0.2) is 13.2 Å². The second-order valence-electron chi connectivity index (χ2n) is 6.89. The lowest BCUT2D eigenvalue weighted by molar-refractivity contribution is -0.275. The number of benzene rings is 3. The Morgan fingerprint density at radius 2 is 1.48 bits per heavy atom. The third-order valence-corrected chi connectivity index (χ3v) is 4.81. The summed E-state index contributed by atoms with van der Waals surface area (Å²) in [6.07, 6.45) is -4.58. The van der Waals surface area contributed by atoms with Crippen molar-refractivity contribution in [2.45, 2.75) is 32.5 Å². The number of hydrogen-bond donors (Lipinski definition) is 0. The predicted molar refractivity (Wildman–Crippen MR) is 102 cm³/mol. The molecule has 3 rings (SSSR count). The van der Waals surface area contributed by atoms with Gasteiger partial charge in [0.05, 0.1) is 5.56 Å². The van der Waals surface area contributed by atoms with Gasteiger partial charge >= 0.3 is 6.36 Å². The number of halogens is 6. The minimum Gasteiger partial charge on any atom is -0.403 e. The molecule has 0 fully saturated rings. The molecule has 3 aromatic rings. The van der Waals surface area contributed by atoms with Crippen molar-refractivity contribution in [3.63, 3.8) is 0 Å². The predicted octanol–water partition coefficient (Wildman–Crippen LogP) is 7.16. The summed E-state index contributed by atoms with van der Waals surface area (Å²) in [5.74, 6) is -5.09. The van der Waals surface area contributed by atoms with Gasteiger partial charge < -0.3 is 4.74 Å². The Morgan fingerprint density at radius 3 is 2.06 bits per heavy atom. The zero-order valence-electron chi connectivity index (χ0n) is 16.3. The molecule has 0 atom stereocenters. The molecule has 2 nitrogen and oxygen atoms in total. The maximum atomic E-state index is 15.0. The van der Waals surface area contributed by atoms with Gasteiger partial charge in [-0.15, -0.1) is 13.2 Å². The smallest absolute Gasteiger partial charge is 0.403 e. The van der Waals surface area contributed by atoms with E-state index in [2.05, 4.69) is 4.74 Å². The maximum Gasteiger partial charge on any atom is 0.573 e. The summed E-state index contributed by atoms with van der Waals surface area (Å²) in [7, 11) is 0. The van der Waals surface area contributed by atoms with Crippen LogP contribution in [0.3, 0.4) is 0 Å². The molecular formula is C23H17F6O2. The number of aryl methyl sites for hydroxylation is 2. The van der Waals surface area contributed by atoms with Crippen molar-refractivity contribution in [1.82, 2.24) is 0 Å². The van der Waals surface area contributed by atoms with Gasteiger partial charge in [-0.3, -0.25) is 5.11 Å². The lowest BCUT2D eigenvalue weighted by Crippen LogP contribution is -2.18. The van der Waals surface area contributed by atoms with Crippen molar-refractivity contribution in [3.8, 4) is 22.6 Å². The minimum absolute atomic E-state index is 0.0660. The molecule has 0 aliphatic carbocycles. The molecule has 0 aliphatic heterocycles. The van der Waals surface area contributed by atoms with Crippen LogP contribution < -0.4 is 4.74 Å². The lowest BCUT2D eigenvalue weighted by Gasteiger charge is -2.13. The highest BCUT2D eigenvalue weighted by atomic mass is 19.4. The third-order valence-electron chi connectivity index (χ3n) is 4.81. The summed E-state index contributed by atoms with van der Waals surface area (Å²) in [4.78, 5) is 0. The van der Waals surface area contributed by atoms with Crippen LogP contribution in [0.4, 0.5) is 26.3 Å². The largest absolute Gasteiger partial charge is 0.573 e. The van der Waals surface area contributed by atoms with Crippen molar-refractivity contribution < 1.29 is 36.2 Å². The Labute approximate surface area is 174 Å². The van der Waals surface area contributed by atoms with Gasteiger partial charge in [0.25, 0.3) is 0 Å². The SMILES string of the molecule is CCc1ccc(-c2c([O])cc(F)c(CCc3ccc(OC(F)(F)F)c(F)c3)c2F)cc1. The summed E-state index contributed by atoms with van der Waals surface area (Å²) in [6, 6.07) is 10.1. The summed E-state index contributed by atoms with van der Waals surface area (Å²) in [6.45, 7) is 1.94. The van der Waals surface area contributed by atoms with Crippen molar-refractivity contribution >= 4 is 0 Å². The standard InChI is InChI=1S/C23H17F6O2/c1-2-13-3-7-15(8-4-13)21-19(30)12-17(24)16(22(21)26)9-5-14-6-10-20(18(25)11-14)31-23(27,28)29/h3-4,6-8,10-12H,2,5,9H2,1H3. The molecule has 0 spiro atoms. The molecule has 0 N–H and O–H groups in total. The van der Waals surface area contributed by atoms with E-state index in [0.717, 1.165) is 24.1 Å². The summed E-state index contributed by atoms with van der Waals surface area (Å²) < 4.78 is 83.4. The molecule has 0 unspecified atom stereocenters. The van der Waals surface area contributed by atoms with Gasteiger partial charge in [0.1, 0.15) is 11.6 Å². The molecule has 0 saturated carbocycles. The second kappa shape index (κ2) is 8.91. The topological polar surface area (TPSA) is 29.1 Å². The first-order valence-corrected chi connectivity index (χ1v) is 9.40. The first-order valence-electron chi connectivity index (χ1n) is 9.40. The van der Waals surface area contributed by atoms with Crippen LogP contribution in [0.1, 0.15) is 23.6 Å². The first kappa shape index (κ1) is 22.5. The van der Waals surface area contributed by atoms with Crippen LogP contribution in [0.5, 0.6) is 11.5 Å². The number of rotatable bonds is 6. The Kier molecular flexibility index (Phi) is 6.48. The van der Waals surface area contributed by atoms with Crippen LogP contribution in [0.2, 0.25) is 0 Å². The van der Waals surface area contributed by atoms with Crippen LogP contribution >= 0.6 is 0 Å². The van der Waals surface area contributed by atoms with E-state index in [1.54, 1.807) is 24.3 Å². The number of alkyl halides is 3. The monoisotopic (exact) mass is 439 g/mol. The van der Waals surface area contributed by atoms with Gasteiger partial charge in [-0.1, -0.05) is 37.3 Å². The molecule has 1 radical (unpaired) electrons. The average Bonchev–Trinajstić information content (AvgIpc) is 2.69. The Morgan fingerprint density at radius 1 is 0.839 bits per heavy atom. The van der Waals surface area contributed by atoms with Gasteiger partial charge in [0.15, 0.2) is 17.3 Å². The van der Waals surface area contributed by atoms with Crippen LogP contribution in [-0.4, -0.2) is 6.36 Å². The molecule has 31 heavy (non-hydrogen) atoms. The Balaban J connectivity index is 1.86. The fraction of sp³-hybridized carbons (Fsp3) is 0.217. The van der Waals surface area contributed by atoms with E-state index in [1.807, 2.05) is 6.92 Å². The lowest BCUT2D eigenvalue weighted by atomic mass is 9.96. The van der Waals surface area contributed by atoms with Crippen LogP contribution in [0.15, 0.2) is 48.5 Å². The summed E-state index contributed by atoms with van der Waals surface area (Å²) >= 11 is 0. The molecule has 0 amide bonds. The van der Waals surface area contributed by atoms with Gasteiger partial charge in [0, 0.05) is 11.6 Å². The Bertz CT molecular complexity index is 1070. The first-order chi connectivity index (χ1) is 14.6. The molecule has 0 saturated heterocycles. The molecule has 0 heterocycles. The van der Waals surface area contributed by atoms with E-state index in [-0.39, 0.29) is 29.5 Å². The highest BCUT2D eigenvalue weighted by Gasteiger charge is 2.32. The summed E-state index contributed by atoms with van der Waals surface area (Å²) in [5, 5.41) is 12.2. The van der Waals surface area contributed by atoms with Crippen LogP contribution in [-0.2, 0) is 24.4 Å².